The van der Waals surface area contributed by atoms with Crippen LogP contribution in [0, 0.1) is 0 Å². The van der Waals surface area contributed by atoms with Crippen molar-refractivity contribution in [2.45, 2.75) is 52.0 Å². The van der Waals surface area contributed by atoms with E-state index >= 15 is 0 Å². The number of hydrogen-bond acceptors (Lipinski definition) is 3. The summed E-state index contributed by atoms with van der Waals surface area (Å²) in [6, 6.07) is 8.73. The van der Waals surface area contributed by atoms with Crippen LogP contribution in [0.25, 0.3) is 0 Å². The predicted molar refractivity (Wildman–Crippen MR) is 83.1 cm³/mol. The van der Waals surface area contributed by atoms with E-state index in [4.69, 9.17) is 4.74 Å². The van der Waals surface area contributed by atoms with Crippen LogP contribution in [0.5, 0.6) is 0 Å². The second-order valence-electron chi connectivity index (χ2n) is 5.23. The molecule has 0 radical (unpaired) electrons. The molecule has 1 aromatic carbocycles. The minimum absolute atomic E-state index is 0.168. The zero-order valence-corrected chi connectivity index (χ0v) is 12.9. The van der Waals surface area contributed by atoms with Gasteiger partial charge < -0.3 is 10.1 Å². The second kappa shape index (κ2) is 9.97. The lowest BCUT2D eigenvalue weighted by atomic mass is 10.2. The topological polar surface area (TPSA) is 55.4 Å². The Kier molecular flexibility index (Phi) is 8.17. The lowest BCUT2D eigenvalue weighted by molar-refractivity contribution is -0.144. The van der Waals surface area contributed by atoms with E-state index in [9.17, 15) is 9.59 Å². The number of ether oxygens (including phenoxy) is 1. The quantitative estimate of drug-likeness (QED) is 0.561. The number of carbonyl (C=O) groups is 2. The lowest BCUT2D eigenvalue weighted by Gasteiger charge is -2.13. The van der Waals surface area contributed by atoms with Gasteiger partial charge >= 0.3 is 5.97 Å². The van der Waals surface area contributed by atoms with Gasteiger partial charge in [-0.25, -0.2) is 0 Å². The van der Waals surface area contributed by atoms with Crippen molar-refractivity contribution in [1.29, 1.82) is 0 Å². The third-order valence-corrected chi connectivity index (χ3v) is 3.15. The molecular weight excluding hydrogens is 266 g/mol. The lowest BCUT2D eigenvalue weighted by Crippen LogP contribution is -2.34. The molecule has 21 heavy (non-hydrogen) atoms. The molecule has 0 fully saturated rings. The number of esters is 1. The normalized spacial score (nSPS) is 11.7. The molecule has 0 heterocycles. The monoisotopic (exact) mass is 291 g/mol. The molecule has 0 aliphatic rings. The summed E-state index contributed by atoms with van der Waals surface area (Å²) in [7, 11) is 0. The third kappa shape index (κ3) is 7.49. The Labute approximate surface area is 126 Å². The van der Waals surface area contributed by atoms with Gasteiger partial charge in [-0.3, -0.25) is 9.59 Å². The first-order valence-corrected chi connectivity index (χ1v) is 7.65. The standard InChI is InChI=1S/C17H25NO3/c1-3-4-5-9-12-21-16(19)13-14(2)18-17(20)15-10-7-6-8-11-15/h6-8,10-11,14H,3-5,9,12-13H2,1-2H3,(H,18,20). The van der Waals surface area contributed by atoms with Gasteiger partial charge in [-0.2, -0.15) is 0 Å². The molecule has 116 valence electrons. The van der Waals surface area contributed by atoms with Crippen molar-refractivity contribution in [2.24, 2.45) is 0 Å². The van der Waals surface area contributed by atoms with Crippen LogP contribution in [0.4, 0.5) is 0 Å². The molecular formula is C17H25NO3. The maximum absolute atomic E-state index is 11.9. The van der Waals surface area contributed by atoms with E-state index in [1.54, 1.807) is 19.1 Å². The van der Waals surface area contributed by atoms with Gasteiger partial charge in [0.15, 0.2) is 0 Å². The van der Waals surface area contributed by atoms with Crippen LogP contribution in [0.15, 0.2) is 30.3 Å². The number of carbonyl (C=O) groups excluding carboxylic acids is 2. The predicted octanol–water partition coefficient (Wildman–Crippen LogP) is 3.32. The molecule has 1 amide bonds. The van der Waals surface area contributed by atoms with E-state index in [1.165, 1.54) is 6.42 Å². The highest BCUT2D eigenvalue weighted by Crippen LogP contribution is 2.03. The summed E-state index contributed by atoms with van der Waals surface area (Å²) in [5.41, 5.74) is 0.595. The van der Waals surface area contributed by atoms with Crippen molar-refractivity contribution >= 4 is 11.9 Å². The molecule has 4 heteroatoms. The minimum atomic E-state index is -0.257. The van der Waals surface area contributed by atoms with Gasteiger partial charge in [-0.15, -0.1) is 0 Å². The first kappa shape index (κ1) is 17.2. The van der Waals surface area contributed by atoms with Gasteiger partial charge in [0.2, 0.25) is 0 Å². The first-order chi connectivity index (χ1) is 10.1. The molecule has 1 rings (SSSR count). The van der Waals surface area contributed by atoms with E-state index in [0.717, 1.165) is 19.3 Å². The van der Waals surface area contributed by atoms with E-state index in [1.807, 2.05) is 18.2 Å². The molecule has 0 saturated carbocycles. The summed E-state index contributed by atoms with van der Waals surface area (Å²) in [6.45, 7) is 4.42. The molecule has 0 saturated heterocycles. The molecule has 4 nitrogen and oxygen atoms in total. The molecule has 0 aliphatic heterocycles. The van der Waals surface area contributed by atoms with Gasteiger partial charge in [0.05, 0.1) is 13.0 Å². The van der Waals surface area contributed by atoms with Gasteiger partial charge in [0.25, 0.3) is 5.91 Å². The maximum Gasteiger partial charge on any atom is 0.307 e. The van der Waals surface area contributed by atoms with Crippen LogP contribution in [-0.2, 0) is 9.53 Å². The maximum atomic E-state index is 11.9. The van der Waals surface area contributed by atoms with Crippen LogP contribution >= 0.6 is 0 Å². The van der Waals surface area contributed by atoms with Crippen molar-refractivity contribution in [2.75, 3.05) is 6.61 Å². The average Bonchev–Trinajstić information content (AvgIpc) is 2.47. The molecule has 1 atom stereocenters. The van der Waals surface area contributed by atoms with Crippen LogP contribution < -0.4 is 5.32 Å². The van der Waals surface area contributed by atoms with E-state index < -0.39 is 0 Å². The number of hydrogen-bond donors (Lipinski definition) is 1. The van der Waals surface area contributed by atoms with Gasteiger partial charge in [0.1, 0.15) is 0 Å². The Hall–Kier alpha value is -1.84. The Bertz CT molecular complexity index is 431. The van der Waals surface area contributed by atoms with Gasteiger partial charge in [0, 0.05) is 11.6 Å². The zero-order chi connectivity index (χ0) is 15.5. The fourth-order valence-corrected chi connectivity index (χ4v) is 1.97. The van der Waals surface area contributed by atoms with E-state index in [-0.39, 0.29) is 24.3 Å². The van der Waals surface area contributed by atoms with Crippen molar-refractivity contribution in [3.8, 4) is 0 Å². The highest BCUT2D eigenvalue weighted by Gasteiger charge is 2.13. The fraction of sp³-hybridized carbons (Fsp3) is 0.529. The van der Waals surface area contributed by atoms with Crippen molar-refractivity contribution in [3.05, 3.63) is 35.9 Å². The minimum Gasteiger partial charge on any atom is -0.466 e. The number of unbranched alkanes of at least 4 members (excludes halogenated alkanes) is 3. The number of rotatable bonds is 9. The van der Waals surface area contributed by atoms with E-state index in [0.29, 0.717) is 12.2 Å². The second-order valence-corrected chi connectivity index (χ2v) is 5.23. The van der Waals surface area contributed by atoms with Crippen LogP contribution in [0.3, 0.4) is 0 Å². The number of benzene rings is 1. The summed E-state index contributed by atoms with van der Waals surface area (Å²) >= 11 is 0. The summed E-state index contributed by atoms with van der Waals surface area (Å²) in [5, 5.41) is 2.80. The smallest absolute Gasteiger partial charge is 0.307 e. The Morgan fingerprint density at radius 2 is 1.86 bits per heavy atom. The fourth-order valence-electron chi connectivity index (χ4n) is 1.97. The molecule has 1 unspecified atom stereocenters. The SMILES string of the molecule is CCCCCCOC(=O)CC(C)NC(=O)c1ccccc1. The summed E-state index contributed by atoms with van der Waals surface area (Å²) < 4.78 is 5.16. The summed E-state index contributed by atoms with van der Waals surface area (Å²) in [5.74, 6) is -0.425. The molecule has 1 N–H and O–H groups in total. The summed E-state index contributed by atoms with van der Waals surface area (Å²) in [4.78, 5) is 23.5. The molecule has 1 aromatic rings. The largest absolute Gasteiger partial charge is 0.466 e. The van der Waals surface area contributed by atoms with Crippen LogP contribution in [-0.4, -0.2) is 24.5 Å². The molecule has 0 spiro atoms. The van der Waals surface area contributed by atoms with Crippen molar-refractivity contribution in [3.63, 3.8) is 0 Å². The van der Waals surface area contributed by atoms with Crippen LogP contribution in [0.1, 0.15) is 56.3 Å². The van der Waals surface area contributed by atoms with Gasteiger partial charge in [-0.1, -0.05) is 44.4 Å². The summed E-state index contributed by atoms with van der Waals surface area (Å²) in [6.07, 6.45) is 4.53. The van der Waals surface area contributed by atoms with Crippen molar-refractivity contribution < 1.29 is 14.3 Å². The highest BCUT2D eigenvalue weighted by molar-refractivity contribution is 5.94. The molecule has 0 aromatic heterocycles. The highest BCUT2D eigenvalue weighted by atomic mass is 16.5. The first-order valence-electron chi connectivity index (χ1n) is 7.65. The Morgan fingerprint density at radius 3 is 2.52 bits per heavy atom. The van der Waals surface area contributed by atoms with Gasteiger partial charge in [-0.05, 0) is 25.5 Å². The van der Waals surface area contributed by atoms with Crippen LogP contribution in [0.2, 0.25) is 0 Å². The Morgan fingerprint density at radius 1 is 1.14 bits per heavy atom. The third-order valence-electron chi connectivity index (χ3n) is 3.15. The number of amides is 1. The zero-order valence-electron chi connectivity index (χ0n) is 12.9. The molecule has 0 bridgehead atoms. The Balaban J connectivity index is 2.22. The number of nitrogens with one attached hydrogen (secondary N) is 1. The van der Waals surface area contributed by atoms with E-state index in [2.05, 4.69) is 12.2 Å². The average molecular weight is 291 g/mol. The van der Waals surface area contributed by atoms with Crippen molar-refractivity contribution in [1.82, 2.24) is 5.32 Å². The molecule has 0 aliphatic carbocycles.